The molecule has 0 atom stereocenters. The summed E-state index contributed by atoms with van der Waals surface area (Å²) in [7, 11) is 0. The molecule has 0 bridgehead atoms. The summed E-state index contributed by atoms with van der Waals surface area (Å²) in [6.45, 7) is 0.556. The number of carbonyl (C=O) groups is 1. The zero-order chi connectivity index (χ0) is 17.8. The Morgan fingerprint density at radius 1 is 1.16 bits per heavy atom. The Balaban J connectivity index is 1.91. The number of aliphatic carboxylic acids is 1. The number of nitrogens with zero attached hydrogens (tertiary/aromatic N) is 3. The molecule has 0 saturated heterocycles. The number of imidazole rings is 1. The van der Waals surface area contributed by atoms with Crippen molar-refractivity contribution in [1.82, 2.24) is 14.5 Å². The van der Waals surface area contributed by atoms with Crippen molar-refractivity contribution in [2.45, 2.75) is 24.5 Å². The van der Waals surface area contributed by atoms with E-state index in [-0.39, 0.29) is 6.42 Å². The number of benzene rings is 1. The zero-order valence-corrected chi connectivity index (χ0v) is 15.5. The molecule has 0 fully saturated rings. The van der Waals surface area contributed by atoms with Crippen LogP contribution in [-0.2, 0) is 11.3 Å². The Kier molecular flexibility index (Phi) is 5.83. The topological polar surface area (TPSA) is 68.0 Å². The molecule has 0 amide bonds. The van der Waals surface area contributed by atoms with Crippen LogP contribution in [0.2, 0.25) is 10.2 Å². The standard InChI is InChI=1S/C17H15Cl2N3O2S/c18-12-5-2-1-4-11(12)10-22-13-7-8-14(19)20-16(13)21-17(22)25-9-3-6-15(23)24/h1-2,4-5,7-8H,3,6,9-10H2,(H,23,24). The number of fused-ring (bicyclic) bond motifs is 1. The Morgan fingerprint density at radius 2 is 1.96 bits per heavy atom. The molecular weight excluding hydrogens is 381 g/mol. The third-order valence-electron chi connectivity index (χ3n) is 3.60. The maximum atomic E-state index is 10.7. The normalized spacial score (nSPS) is 11.1. The average Bonchev–Trinajstić information content (AvgIpc) is 2.90. The number of hydrogen-bond donors (Lipinski definition) is 1. The summed E-state index contributed by atoms with van der Waals surface area (Å²) in [5, 5.41) is 10.6. The van der Waals surface area contributed by atoms with Crippen LogP contribution in [0.15, 0.2) is 41.6 Å². The van der Waals surface area contributed by atoms with Crippen molar-refractivity contribution in [2.24, 2.45) is 0 Å². The molecule has 5 nitrogen and oxygen atoms in total. The van der Waals surface area contributed by atoms with E-state index in [1.807, 2.05) is 34.9 Å². The lowest BCUT2D eigenvalue weighted by Gasteiger charge is -2.10. The molecule has 0 saturated carbocycles. The van der Waals surface area contributed by atoms with Gasteiger partial charge in [0.1, 0.15) is 5.15 Å². The van der Waals surface area contributed by atoms with Gasteiger partial charge in [0.15, 0.2) is 10.8 Å². The van der Waals surface area contributed by atoms with Crippen LogP contribution in [-0.4, -0.2) is 31.4 Å². The first kappa shape index (κ1) is 18.0. The monoisotopic (exact) mass is 395 g/mol. The quantitative estimate of drug-likeness (QED) is 0.355. The van der Waals surface area contributed by atoms with Gasteiger partial charge in [0.25, 0.3) is 0 Å². The number of aromatic nitrogens is 3. The summed E-state index contributed by atoms with van der Waals surface area (Å²) in [5.41, 5.74) is 2.41. The lowest BCUT2D eigenvalue weighted by Crippen LogP contribution is -2.03. The minimum Gasteiger partial charge on any atom is -0.481 e. The van der Waals surface area contributed by atoms with Crippen molar-refractivity contribution < 1.29 is 9.90 Å². The van der Waals surface area contributed by atoms with Crippen molar-refractivity contribution in [3.05, 3.63) is 52.1 Å². The predicted octanol–water partition coefficient (Wildman–Crippen LogP) is 4.74. The molecule has 0 aliphatic carbocycles. The molecule has 0 spiro atoms. The van der Waals surface area contributed by atoms with Crippen LogP contribution in [0, 0.1) is 0 Å². The van der Waals surface area contributed by atoms with Crippen molar-refractivity contribution in [1.29, 1.82) is 0 Å². The van der Waals surface area contributed by atoms with E-state index in [9.17, 15) is 4.79 Å². The minimum atomic E-state index is -0.793. The van der Waals surface area contributed by atoms with Gasteiger partial charge in [-0.1, -0.05) is 53.2 Å². The van der Waals surface area contributed by atoms with Crippen molar-refractivity contribution >= 4 is 52.1 Å². The Morgan fingerprint density at radius 3 is 2.72 bits per heavy atom. The van der Waals surface area contributed by atoms with Crippen LogP contribution in [0.1, 0.15) is 18.4 Å². The second-order valence-corrected chi connectivity index (χ2v) is 7.25. The van der Waals surface area contributed by atoms with Crippen molar-refractivity contribution in [2.75, 3.05) is 5.75 Å². The van der Waals surface area contributed by atoms with Crippen LogP contribution in [0.4, 0.5) is 0 Å². The third-order valence-corrected chi connectivity index (χ3v) is 5.24. The van der Waals surface area contributed by atoms with Crippen molar-refractivity contribution in [3.8, 4) is 0 Å². The fourth-order valence-corrected chi connectivity index (χ4v) is 3.69. The van der Waals surface area contributed by atoms with Gasteiger partial charge in [-0.25, -0.2) is 9.97 Å². The van der Waals surface area contributed by atoms with Gasteiger partial charge < -0.3 is 9.67 Å². The van der Waals surface area contributed by atoms with Crippen LogP contribution in [0.3, 0.4) is 0 Å². The van der Waals surface area contributed by atoms with Crippen LogP contribution < -0.4 is 0 Å². The molecular formula is C17H15Cl2N3O2S. The van der Waals surface area contributed by atoms with Gasteiger partial charge in [-0.15, -0.1) is 0 Å². The summed E-state index contributed by atoms with van der Waals surface area (Å²) in [5.74, 6) is -0.134. The SMILES string of the molecule is O=C(O)CCCSc1nc2nc(Cl)ccc2n1Cc1ccccc1Cl. The molecule has 130 valence electrons. The number of thioether (sulfide) groups is 1. The predicted molar refractivity (Wildman–Crippen MR) is 101 cm³/mol. The van der Waals surface area contributed by atoms with Crippen LogP contribution >= 0.6 is 35.0 Å². The van der Waals surface area contributed by atoms with E-state index in [0.717, 1.165) is 16.2 Å². The van der Waals surface area contributed by atoms with Crippen LogP contribution in [0.5, 0.6) is 0 Å². The molecule has 25 heavy (non-hydrogen) atoms. The molecule has 2 heterocycles. The minimum absolute atomic E-state index is 0.141. The van der Waals surface area contributed by atoms with E-state index in [1.165, 1.54) is 11.8 Å². The maximum Gasteiger partial charge on any atom is 0.303 e. The largest absolute Gasteiger partial charge is 0.481 e. The summed E-state index contributed by atoms with van der Waals surface area (Å²) in [6.07, 6.45) is 0.714. The molecule has 3 rings (SSSR count). The van der Waals surface area contributed by atoms with E-state index in [2.05, 4.69) is 9.97 Å². The third kappa shape index (κ3) is 4.45. The van der Waals surface area contributed by atoms with E-state index < -0.39 is 5.97 Å². The number of carboxylic acids is 1. The number of rotatable bonds is 7. The first-order valence-electron chi connectivity index (χ1n) is 7.65. The molecule has 0 aliphatic rings. The molecule has 8 heteroatoms. The Hall–Kier alpha value is -1.76. The molecule has 0 unspecified atom stereocenters. The zero-order valence-electron chi connectivity index (χ0n) is 13.2. The molecule has 3 aromatic rings. The highest BCUT2D eigenvalue weighted by Gasteiger charge is 2.14. The molecule has 2 aromatic heterocycles. The first-order valence-corrected chi connectivity index (χ1v) is 9.39. The highest BCUT2D eigenvalue weighted by Crippen LogP contribution is 2.27. The average molecular weight is 396 g/mol. The highest BCUT2D eigenvalue weighted by atomic mass is 35.5. The summed E-state index contributed by atoms with van der Waals surface area (Å²) >= 11 is 13.8. The van der Waals surface area contributed by atoms with Crippen molar-refractivity contribution in [3.63, 3.8) is 0 Å². The fourth-order valence-electron chi connectivity index (χ4n) is 2.41. The summed E-state index contributed by atoms with van der Waals surface area (Å²) in [4.78, 5) is 19.5. The van der Waals surface area contributed by atoms with Gasteiger partial charge >= 0.3 is 5.97 Å². The summed E-state index contributed by atoms with van der Waals surface area (Å²) in [6, 6.07) is 11.3. The first-order chi connectivity index (χ1) is 12.0. The second-order valence-electron chi connectivity index (χ2n) is 5.39. The maximum absolute atomic E-state index is 10.7. The number of carboxylic acid groups (broad SMARTS) is 1. The molecule has 0 aliphatic heterocycles. The molecule has 1 aromatic carbocycles. The smallest absolute Gasteiger partial charge is 0.303 e. The van der Waals surface area contributed by atoms with Gasteiger partial charge in [-0.2, -0.15) is 0 Å². The number of pyridine rings is 1. The lowest BCUT2D eigenvalue weighted by molar-refractivity contribution is -0.137. The van der Waals surface area contributed by atoms with E-state index >= 15 is 0 Å². The second kappa shape index (κ2) is 8.08. The van der Waals surface area contributed by atoms with E-state index in [4.69, 9.17) is 28.3 Å². The van der Waals surface area contributed by atoms with Gasteiger partial charge in [-0.3, -0.25) is 4.79 Å². The summed E-state index contributed by atoms with van der Waals surface area (Å²) < 4.78 is 2.03. The number of halogens is 2. The highest BCUT2D eigenvalue weighted by molar-refractivity contribution is 7.99. The lowest BCUT2D eigenvalue weighted by atomic mass is 10.2. The van der Waals surface area contributed by atoms with Gasteiger partial charge in [0, 0.05) is 17.2 Å². The van der Waals surface area contributed by atoms with Crippen LogP contribution in [0.25, 0.3) is 11.2 Å². The Labute approximate surface area is 159 Å². The molecule has 1 N–H and O–H groups in total. The van der Waals surface area contributed by atoms with E-state index in [1.54, 1.807) is 6.07 Å². The van der Waals surface area contributed by atoms with Gasteiger partial charge in [0.05, 0.1) is 12.1 Å². The molecule has 0 radical (unpaired) electrons. The van der Waals surface area contributed by atoms with Gasteiger partial charge in [-0.05, 0) is 30.2 Å². The fraction of sp³-hybridized carbons (Fsp3) is 0.235. The van der Waals surface area contributed by atoms with E-state index in [0.29, 0.717) is 34.5 Å². The van der Waals surface area contributed by atoms with Gasteiger partial charge in [0.2, 0.25) is 0 Å². The Bertz CT molecular complexity index is 914. The number of hydrogen-bond acceptors (Lipinski definition) is 4.